The van der Waals surface area contributed by atoms with Crippen molar-refractivity contribution in [1.29, 1.82) is 0 Å². The number of benzene rings is 2. The number of aromatic nitrogens is 2. The molecule has 1 aliphatic carbocycles. The highest BCUT2D eigenvalue weighted by Crippen LogP contribution is 2.53. The molecule has 1 saturated heterocycles. The van der Waals surface area contributed by atoms with E-state index in [1.807, 2.05) is 35.1 Å². The van der Waals surface area contributed by atoms with Crippen LogP contribution in [0.1, 0.15) is 44.1 Å². The van der Waals surface area contributed by atoms with E-state index >= 15 is 0 Å². The van der Waals surface area contributed by atoms with E-state index in [1.54, 1.807) is 0 Å². The van der Waals surface area contributed by atoms with Gasteiger partial charge in [0, 0.05) is 18.7 Å². The van der Waals surface area contributed by atoms with Crippen LogP contribution < -0.4 is 10.1 Å². The van der Waals surface area contributed by atoms with Gasteiger partial charge in [0.1, 0.15) is 11.9 Å². The molecule has 3 heterocycles. The predicted octanol–water partition coefficient (Wildman–Crippen LogP) is 4.78. The summed E-state index contributed by atoms with van der Waals surface area (Å²) in [7, 11) is 2.16. The molecular formula is C27H30N4O2. The van der Waals surface area contributed by atoms with Crippen molar-refractivity contribution in [3.63, 3.8) is 0 Å². The van der Waals surface area contributed by atoms with E-state index in [-0.39, 0.29) is 12.0 Å². The lowest BCUT2D eigenvalue weighted by Gasteiger charge is -2.30. The SMILES string of the molecule is CN1CCC(Oc2cc(-c3ccnn3-c3ccccc3)cc3c2NC(=O)C32CCCC2)CC1. The maximum absolute atomic E-state index is 13.2. The van der Waals surface area contributed by atoms with Crippen LogP contribution in [0.3, 0.4) is 0 Å². The Hall–Kier alpha value is -3.12. The lowest BCUT2D eigenvalue weighted by molar-refractivity contribution is -0.120. The van der Waals surface area contributed by atoms with Gasteiger partial charge in [-0.25, -0.2) is 4.68 Å². The largest absolute Gasteiger partial charge is 0.488 e. The predicted molar refractivity (Wildman–Crippen MR) is 129 cm³/mol. The molecule has 6 heteroatoms. The van der Waals surface area contributed by atoms with Gasteiger partial charge in [-0.2, -0.15) is 5.10 Å². The van der Waals surface area contributed by atoms with Crippen LogP contribution in [0.5, 0.6) is 5.75 Å². The fraction of sp³-hybridized carbons (Fsp3) is 0.407. The normalized spacial score (nSPS) is 20.2. The maximum Gasteiger partial charge on any atom is 0.235 e. The van der Waals surface area contributed by atoms with E-state index in [0.29, 0.717) is 0 Å². The zero-order valence-electron chi connectivity index (χ0n) is 19.1. The van der Waals surface area contributed by atoms with Crippen LogP contribution >= 0.6 is 0 Å². The number of hydrogen-bond acceptors (Lipinski definition) is 4. The Morgan fingerprint density at radius 3 is 2.58 bits per heavy atom. The molecule has 0 radical (unpaired) electrons. The Kier molecular flexibility index (Phi) is 4.98. The van der Waals surface area contributed by atoms with Gasteiger partial charge in [-0.15, -0.1) is 0 Å². The highest BCUT2D eigenvalue weighted by molar-refractivity contribution is 6.08. The first-order valence-corrected chi connectivity index (χ1v) is 12.1. The van der Waals surface area contributed by atoms with Gasteiger partial charge < -0.3 is 15.0 Å². The van der Waals surface area contributed by atoms with Crippen molar-refractivity contribution < 1.29 is 9.53 Å². The Morgan fingerprint density at radius 1 is 1.06 bits per heavy atom. The molecule has 3 aromatic rings. The van der Waals surface area contributed by atoms with Crippen LogP contribution in [-0.4, -0.2) is 46.8 Å². The number of nitrogens with zero attached hydrogens (tertiary/aromatic N) is 3. The summed E-state index contributed by atoms with van der Waals surface area (Å²) in [6, 6.07) is 16.5. The third-order valence-corrected chi connectivity index (χ3v) is 7.65. The van der Waals surface area contributed by atoms with Gasteiger partial charge in [0.25, 0.3) is 0 Å². The number of fused-ring (bicyclic) bond motifs is 2. The summed E-state index contributed by atoms with van der Waals surface area (Å²) in [5.41, 5.74) is 4.63. The Morgan fingerprint density at radius 2 is 1.82 bits per heavy atom. The first kappa shape index (κ1) is 20.5. The van der Waals surface area contributed by atoms with Crippen molar-refractivity contribution >= 4 is 11.6 Å². The molecule has 6 nitrogen and oxygen atoms in total. The van der Waals surface area contributed by atoms with E-state index in [2.05, 4.69) is 46.6 Å². The molecule has 2 aromatic carbocycles. The molecule has 1 saturated carbocycles. The van der Waals surface area contributed by atoms with Gasteiger partial charge in [0.05, 0.1) is 28.7 Å². The van der Waals surface area contributed by atoms with Gasteiger partial charge in [-0.3, -0.25) is 4.79 Å². The number of para-hydroxylation sites is 1. The molecule has 3 aliphatic rings. The van der Waals surface area contributed by atoms with Crippen molar-refractivity contribution in [2.24, 2.45) is 0 Å². The summed E-state index contributed by atoms with van der Waals surface area (Å²) in [6.07, 6.45) is 7.97. The number of rotatable bonds is 4. The zero-order valence-corrected chi connectivity index (χ0v) is 19.1. The Balaban J connectivity index is 1.46. The van der Waals surface area contributed by atoms with E-state index in [1.165, 1.54) is 0 Å². The van der Waals surface area contributed by atoms with Gasteiger partial charge >= 0.3 is 0 Å². The van der Waals surface area contributed by atoms with Crippen LogP contribution in [0.15, 0.2) is 54.7 Å². The highest BCUT2D eigenvalue weighted by Gasteiger charge is 2.49. The lowest BCUT2D eigenvalue weighted by atomic mass is 9.79. The first-order valence-electron chi connectivity index (χ1n) is 12.1. The number of anilines is 1. The van der Waals surface area contributed by atoms with Crippen molar-refractivity contribution in [1.82, 2.24) is 14.7 Å². The van der Waals surface area contributed by atoms with Gasteiger partial charge in [-0.05, 0) is 68.6 Å². The van der Waals surface area contributed by atoms with Gasteiger partial charge in [0.15, 0.2) is 0 Å². The van der Waals surface area contributed by atoms with E-state index in [9.17, 15) is 4.79 Å². The summed E-state index contributed by atoms with van der Waals surface area (Å²) in [5.74, 6) is 0.937. The van der Waals surface area contributed by atoms with E-state index in [4.69, 9.17) is 4.74 Å². The van der Waals surface area contributed by atoms with Crippen LogP contribution in [0.4, 0.5) is 5.69 Å². The molecule has 1 amide bonds. The quantitative estimate of drug-likeness (QED) is 0.632. The summed E-state index contributed by atoms with van der Waals surface area (Å²) >= 11 is 0. The van der Waals surface area contributed by atoms with Gasteiger partial charge in [-0.1, -0.05) is 31.0 Å². The summed E-state index contributed by atoms with van der Waals surface area (Å²) in [5, 5.41) is 7.82. The van der Waals surface area contributed by atoms with Crippen LogP contribution in [0, 0.1) is 0 Å². The fourth-order valence-corrected chi connectivity index (χ4v) is 5.77. The van der Waals surface area contributed by atoms with Crippen LogP contribution in [-0.2, 0) is 10.2 Å². The smallest absolute Gasteiger partial charge is 0.235 e. The molecule has 0 atom stereocenters. The summed E-state index contributed by atoms with van der Waals surface area (Å²) < 4.78 is 8.58. The number of carbonyl (C=O) groups is 1. The number of nitrogens with one attached hydrogen (secondary N) is 1. The lowest BCUT2D eigenvalue weighted by Crippen LogP contribution is -2.35. The summed E-state index contributed by atoms with van der Waals surface area (Å²) in [6.45, 7) is 2.06. The number of hydrogen-bond donors (Lipinski definition) is 1. The second-order valence-electron chi connectivity index (χ2n) is 9.72. The minimum absolute atomic E-state index is 0.136. The maximum atomic E-state index is 13.2. The number of carbonyl (C=O) groups excluding carboxylic acids is 1. The molecule has 1 aromatic heterocycles. The van der Waals surface area contributed by atoms with E-state index in [0.717, 1.165) is 85.6 Å². The number of ether oxygens (including phenoxy) is 1. The second-order valence-corrected chi connectivity index (χ2v) is 9.72. The average molecular weight is 443 g/mol. The molecule has 6 rings (SSSR count). The number of likely N-dealkylation sites (tertiary alicyclic amines) is 1. The minimum Gasteiger partial charge on any atom is -0.488 e. The molecule has 0 unspecified atom stereocenters. The molecule has 33 heavy (non-hydrogen) atoms. The third-order valence-electron chi connectivity index (χ3n) is 7.65. The standard InChI is InChI=1S/C27H30N4O2/c1-30-15-10-21(11-16-30)33-24-18-19(23-9-14-28-31(23)20-7-3-2-4-8-20)17-22-25(24)29-26(32)27(22)12-5-6-13-27/h2-4,7-9,14,17-18,21H,5-6,10-13,15-16H2,1H3,(H,29,32). The van der Waals surface area contributed by atoms with Crippen molar-refractivity contribution in [2.45, 2.75) is 50.0 Å². The molecule has 2 aliphatic heterocycles. The molecule has 170 valence electrons. The summed E-state index contributed by atoms with van der Waals surface area (Å²) in [4.78, 5) is 15.6. The third kappa shape index (κ3) is 3.44. The average Bonchev–Trinajstić information content (AvgIpc) is 3.58. The fourth-order valence-electron chi connectivity index (χ4n) is 5.77. The second kappa shape index (κ2) is 8.03. The van der Waals surface area contributed by atoms with Crippen LogP contribution in [0.25, 0.3) is 16.9 Å². The Labute approximate surface area is 194 Å². The molecule has 1 spiro atoms. The molecule has 1 N–H and O–H groups in total. The Bertz CT molecular complexity index is 1170. The topological polar surface area (TPSA) is 59.4 Å². The molecular weight excluding hydrogens is 412 g/mol. The monoisotopic (exact) mass is 442 g/mol. The number of amides is 1. The van der Waals surface area contributed by atoms with Crippen molar-refractivity contribution in [2.75, 3.05) is 25.5 Å². The first-order chi connectivity index (χ1) is 16.1. The zero-order chi connectivity index (χ0) is 22.4. The molecule has 0 bridgehead atoms. The number of piperidine rings is 1. The van der Waals surface area contributed by atoms with Crippen LogP contribution in [0.2, 0.25) is 0 Å². The van der Waals surface area contributed by atoms with Crippen molar-refractivity contribution in [3.8, 4) is 22.7 Å². The minimum atomic E-state index is -0.423. The molecule has 2 fully saturated rings. The highest BCUT2D eigenvalue weighted by atomic mass is 16.5. The van der Waals surface area contributed by atoms with Gasteiger partial charge in [0.2, 0.25) is 5.91 Å². The van der Waals surface area contributed by atoms with E-state index < -0.39 is 5.41 Å². The van der Waals surface area contributed by atoms with Crippen molar-refractivity contribution in [3.05, 3.63) is 60.3 Å².